The molecule has 0 saturated carbocycles. The van der Waals surface area contributed by atoms with E-state index in [1.807, 2.05) is 11.3 Å². The quantitative estimate of drug-likeness (QED) is 0.908. The van der Waals surface area contributed by atoms with Crippen LogP contribution in [0.5, 0.6) is 0 Å². The SMILES string of the molecule is CNCC1CCN(Cc2sccc2C)CC1.Cl. The number of aryl methyl sites for hydroxylation is 1. The largest absolute Gasteiger partial charge is 0.319 e. The van der Waals surface area contributed by atoms with Crippen molar-refractivity contribution in [3.8, 4) is 0 Å². The molecule has 0 unspecified atom stereocenters. The summed E-state index contributed by atoms with van der Waals surface area (Å²) in [7, 11) is 2.06. The predicted molar refractivity (Wildman–Crippen MR) is 78.2 cm³/mol. The van der Waals surface area contributed by atoms with Crippen LogP contribution in [0.3, 0.4) is 0 Å². The number of hydrogen-bond acceptors (Lipinski definition) is 3. The minimum Gasteiger partial charge on any atom is -0.319 e. The van der Waals surface area contributed by atoms with E-state index in [4.69, 9.17) is 0 Å². The molecule has 0 radical (unpaired) electrons. The second kappa shape index (κ2) is 7.37. The Bertz CT molecular complexity index is 319. The molecule has 1 aliphatic rings. The molecule has 98 valence electrons. The van der Waals surface area contributed by atoms with Gasteiger partial charge >= 0.3 is 0 Å². The number of rotatable bonds is 4. The van der Waals surface area contributed by atoms with Crippen LogP contribution >= 0.6 is 23.7 Å². The first-order valence-electron chi connectivity index (χ1n) is 6.19. The van der Waals surface area contributed by atoms with Crippen molar-refractivity contribution < 1.29 is 0 Å². The molecule has 17 heavy (non-hydrogen) atoms. The number of halogens is 1. The maximum Gasteiger partial charge on any atom is 0.0330 e. The minimum atomic E-state index is 0. The molecule has 0 atom stereocenters. The Hall–Kier alpha value is -0.0900. The van der Waals surface area contributed by atoms with Gasteiger partial charge in [-0.25, -0.2) is 0 Å². The predicted octanol–water partition coefficient (Wildman–Crippen LogP) is 2.91. The Morgan fingerprint density at radius 2 is 2.12 bits per heavy atom. The molecular formula is C13H23ClN2S. The van der Waals surface area contributed by atoms with Gasteiger partial charge in [0.25, 0.3) is 0 Å². The molecule has 0 aromatic carbocycles. The van der Waals surface area contributed by atoms with Gasteiger partial charge in [0.15, 0.2) is 0 Å². The number of nitrogens with one attached hydrogen (secondary N) is 1. The summed E-state index contributed by atoms with van der Waals surface area (Å²) in [6.45, 7) is 7.11. The van der Waals surface area contributed by atoms with Crippen LogP contribution in [-0.4, -0.2) is 31.6 Å². The minimum absolute atomic E-state index is 0. The zero-order chi connectivity index (χ0) is 11.4. The lowest BCUT2D eigenvalue weighted by Gasteiger charge is -2.31. The molecule has 1 N–H and O–H groups in total. The summed E-state index contributed by atoms with van der Waals surface area (Å²) < 4.78 is 0. The smallest absolute Gasteiger partial charge is 0.0330 e. The molecule has 1 aromatic heterocycles. The van der Waals surface area contributed by atoms with Crippen molar-refractivity contribution in [1.29, 1.82) is 0 Å². The first kappa shape index (κ1) is 15.0. The van der Waals surface area contributed by atoms with Crippen molar-refractivity contribution in [2.45, 2.75) is 26.3 Å². The molecular weight excluding hydrogens is 252 g/mol. The average molecular weight is 275 g/mol. The molecule has 2 nitrogen and oxygen atoms in total. The van der Waals surface area contributed by atoms with Crippen molar-refractivity contribution in [3.05, 3.63) is 21.9 Å². The van der Waals surface area contributed by atoms with Crippen LogP contribution in [0.2, 0.25) is 0 Å². The van der Waals surface area contributed by atoms with Crippen LogP contribution < -0.4 is 5.32 Å². The maximum absolute atomic E-state index is 3.29. The van der Waals surface area contributed by atoms with Crippen LogP contribution in [0.25, 0.3) is 0 Å². The zero-order valence-electron chi connectivity index (χ0n) is 10.7. The second-order valence-electron chi connectivity index (χ2n) is 4.80. The highest BCUT2D eigenvalue weighted by Crippen LogP contribution is 2.22. The number of hydrogen-bond donors (Lipinski definition) is 1. The molecule has 0 spiro atoms. The lowest BCUT2D eigenvalue weighted by Crippen LogP contribution is -2.36. The third-order valence-electron chi connectivity index (χ3n) is 3.54. The summed E-state index contributed by atoms with van der Waals surface area (Å²) in [4.78, 5) is 4.15. The lowest BCUT2D eigenvalue weighted by molar-refractivity contribution is 0.178. The summed E-state index contributed by atoms with van der Waals surface area (Å²) in [6.07, 6.45) is 2.70. The van der Waals surface area contributed by atoms with Crippen LogP contribution in [-0.2, 0) is 6.54 Å². The van der Waals surface area contributed by atoms with Gasteiger partial charge in [-0.2, -0.15) is 0 Å². The fraction of sp³-hybridized carbons (Fsp3) is 0.692. The summed E-state index contributed by atoms with van der Waals surface area (Å²) in [5.74, 6) is 0.894. The van der Waals surface area contributed by atoms with E-state index in [1.54, 1.807) is 4.88 Å². The van der Waals surface area contributed by atoms with Crippen LogP contribution in [0.4, 0.5) is 0 Å². The van der Waals surface area contributed by atoms with Gasteiger partial charge in [-0.15, -0.1) is 23.7 Å². The van der Waals surface area contributed by atoms with Crippen molar-refractivity contribution in [3.63, 3.8) is 0 Å². The van der Waals surface area contributed by atoms with Crippen LogP contribution in [0.15, 0.2) is 11.4 Å². The van der Waals surface area contributed by atoms with Gasteiger partial charge < -0.3 is 5.32 Å². The van der Waals surface area contributed by atoms with Gasteiger partial charge in [-0.3, -0.25) is 4.90 Å². The molecule has 0 aliphatic carbocycles. The Kier molecular flexibility index (Phi) is 6.49. The van der Waals surface area contributed by atoms with E-state index in [-0.39, 0.29) is 12.4 Å². The Morgan fingerprint density at radius 3 is 2.65 bits per heavy atom. The van der Waals surface area contributed by atoms with Crippen molar-refractivity contribution in [2.24, 2.45) is 5.92 Å². The molecule has 2 rings (SSSR count). The van der Waals surface area contributed by atoms with Gasteiger partial charge in [-0.05, 0) is 69.4 Å². The van der Waals surface area contributed by atoms with Gasteiger partial charge in [0.2, 0.25) is 0 Å². The Balaban J connectivity index is 0.00000144. The lowest BCUT2D eigenvalue weighted by atomic mass is 9.97. The fourth-order valence-electron chi connectivity index (χ4n) is 2.41. The highest BCUT2D eigenvalue weighted by molar-refractivity contribution is 7.10. The third-order valence-corrected chi connectivity index (χ3v) is 4.54. The summed E-state index contributed by atoms with van der Waals surface area (Å²) in [6, 6.07) is 2.23. The maximum atomic E-state index is 3.29. The molecule has 1 aromatic rings. The fourth-order valence-corrected chi connectivity index (χ4v) is 3.35. The normalized spacial score (nSPS) is 18.0. The molecule has 4 heteroatoms. The molecule has 0 bridgehead atoms. The number of piperidine rings is 1. The van der Waals surface area contributed by atoms with Gasteiger partial charge in [0, 0.05) is 11.4 Å². The molecule has 2 heterocycles. The van der Waals surface area contributed by atoms with Crippen molar-refractivity contribution >= 4 is 23.7 Å². The first-order valence-corrected chi connectivity index (χ1v) is 7.07. The number of likely N-dealkylation sites (tertiary alicyclic amines) is 1. The van der Waals surface area contributed by atoms with Crippen LogP contribution in [0.1, 0.15) is 23.3 Å². The Labute approximate surface area is 115 Å². The summed E-state index contributed by atoms with van der Waals surface area (Å²) in [5, 5.41) is 5.50. The van der Waals surface area contributed by atoms with Gasteiger partial charge in [0.1, 0.15) is 0 Å². The van der Waals surface area contributed by atoms with Crippen molar-refractivity contribution in [1.82, 2.24) is 10.2 Å². The number of nitrogens with zero attached hydrogens (tertiary/aromatic N) is 1. The highest BCUT2D eigenvalue weighted by atomic mass is 35.5. The monoisotopic (exact) mass is 274 g/mol. The van der Waals surface area contributed by atoms with E-state index in [1.165, 1.54) is 38.0 Å². The van der Waals surface area contributed by atoms with Gasteiger partial charge in [-0.1, -0.05) is 0 Å². The van der Waals surface area contributed by atoms with E-state index in [0.717, 1.165) is 12.5 Å². The van der Waals surface area contributed by atoms with E-state index < -0.39 is 0 Å². The standard InChI is InChI=1S/C13H22N2S.ClH/c1-11-5-8-16-13(11)10-15-6-3-12(4-7-15)9-14-2;/h5,8,12,14H,3-4,6-7,9-10H2,1-2H3;1H. The van der Waals surface area contributed by atoms with Gasteiger partial charge in [0.05, 0.1) is 0 Å². The summed E-state index contributed by atoms with van der Waals surface area (Å²) >= 11 is 1.90. The van der Waals surface area contributed by atoms with E-state index in [9.17, 15) is 0 Å². The molecule has 1 fully saturated rings. The highest BCUT2D eigenvalue weighted by Gasteiger charge is 2.19. The molecule has 1 saturated heterocycles. The van der Waals surface area contributed by atoms with E-state index in [0.29, 0.717) is 0 Å². The average Bonchev–Trinajstić information content (AvgIpc) is 2.68. The van der Waals surface area contributed by atoms with E-state index in [2.05, 4.69) is 35.6 Å². The first-order chi connectivity index (χ1) is 7.79. The Morgan fingerprint density at radius 1 is 1.41 bits per heavy atom. The van der Waals surface area contributed by atoms with E-state index >= 15 is 0 Å². The summed E-state index contributed by atoms with van der Waals surface area (Å²) in [5.41, 5.74) is 1.46. The van der Waals surface area contributed by atoms with Crippen LogP contribution in [0, 0.1) is 12.8 Å². The third kappa shape index (κ3) is 4.25. The second-order valence-corrected chi connectivity index (χ2v) is 5.80. The van der Waals surface area contributed by atoms with Crippen molar-refractivity contribution in [2.75, 3.05) is 26.7 Å². The zero-order valence-corrected chi connectivity index (χ0v) is 12.4. The molecule has 0 amide bonds. The topological polar surface area (TPSA) is 15.3 Å². The number of thiophene rings is 1. The molecule has 1 aliphatic heterocycles.